The summed E-state index contributed by atoms with van der Waals surface area (Å²) in [6.45, 7) is 0. The Balaban J connectivity index is -0.000000163. The van der Waals surface area contributed by atoms with Crippen molar-refractivity contribution in [1.82, 2.24) is 0 Å². The molecule has 1 nitrogen and oxygen atoms in total. The molecule has 0 bridgehead atoms. The van der Waals surface area contributed by atoms with Crippen LogP contribution in [0.25, 0.3) is 0 Å². The van der Waals surface area contributed by atoms with Crippen molar-refractivity contribution < 1.29 is 7.96 Å². The molecule has 0 spiro atoms. The number of phenols is 1. The van der Waals surface area contributed by atoms with Gasteiger partial charge in [-0.15, -0.1) is 0 Å². The van der Waals surface area contributed by atoms with Gasteiger partial charge in [0, 0.05) is 0 Å². The van der Waals surface area contributed by atoms with Crippen LogP contribution >= 0.6 is 0 Å². The summed E-state index contributed by atoms with van der Waals surface area (Å²) in [5, 5.41) is 8.63. The average molecular weight is 105 g/mol. The van der Waals surface area contributed by atoms with Crippen LogP contribution in [-0.4, -0.2) is 15.2 Å². The standard InChI is InChI=1S/C6H6O.Be.2H/c7-6-4-2-1-3-5-6;;;/h1-5,7H;;;/q;+2;2*-1. The molecule has 0 aliphatic rings. The molecule has 0 aliphatic heterocycles. The summed E-state index contributed by atoms with van der Waals surface area (Å²) in [6, 6.07) is 8.71. The summed E-state index contributed by atoms with van der Waals surface area (Å²) in [7, 11) is 0. The van der Waals surface area contributed by atoms with Crippen molar-refractivity contribution in [2.45, 2.75) is 0 Å². The summed E-state index contributed by atoms with van der Waals surface area (Å²) in [6.07, 6.45) is 0. The van der Waals surface area contributed by atoms with E-state index < -0.39 is 0 Å². The molecular weight excluding hydrogens is 97.1 g/mol. The molecule has 0 atom stereocenters. The molecule has 0 fully saturated rings. The third-order valence-corrected chi connectivity index (χ3v) is 0.756. The van der Waals surface area contributed by atoms with Crippen molar-refractivity contribution in [3.05, 3.63) is 30.3 Å². The van der Waals surface area contributed by atoms with Crippen LogP contribution < -0.4 is 0 Å². The summed E-state index contributed by atoms with van der Waals surface area (Å²) in [5.74, 6) is 0.322. The number of para-hydroxylation sites is 1. The van der Waals surface area contributed by atoms with Crippen molar-refractivity contribution >= 4 is 10.1 Å². The third-order valence-electron chi connectivity index (χ3n) is 0.756. The Morgan fingerprint density at radius 2 is 1.62 bits per heavy atom. The smallest absolute Gasteiger partial charge is 1.00 e. The number of rotatable bonds is 0. The van der Waals surface area contributed by atoms with E-state index >= 15 is 0 Å². The topological polar surface area (TPSA) is 20.2 Å². The Hall–Kier alpha value is -0.811. The Kier molecular flexibility index (Phi) is 2.90. The molecular formula is C6H8BeO. The van der Waals surface area contributed by atoms with Gasteiger partial charge < -0.3 is 7.96 Å². The van der Waals surface area contributed by atoms with E-state index in [-0.39, 0.29) is 13.0 Å². The second-order valence-corrected chi connectivity index (χ2v) is 1.34. The van der Waals surface area contributed by atoms with Crippen LogP contribution in [0.1, 0.15) is 2.85 Å². The molecule has 0 amide bonds. The van der Waals surface area contributed by atoms with Crippen LogP contribution in [-0.2, 0) is 0 Å². The molecule has 40 valence electrons. The van der Waals surface area contributed by atoms with Gasteiger partial charge in [0.05, 0.1) is 0 Å². The van der Waals surface area contributed by atoms with Crippen molar-refractivity contribution in [2.75, 3.05) is 0 Å². The molecule has 1 N–H and O–H groups in total. The van der Waals surface area contributed by atoms with Crippen LogP contribution in [0.4, 0.5) is 0 Å². The molecule has 0 saturated heterocycles. The first kappa shape index (κ1) is 7.19. The molecule has 1 aromatic carbocycles. The third kappa shape index (κ3) is 1.76. The zero-order chi connectivity index (χ0) is 5.11. The summed E-state index contributed by atoms with van der Waals surface area (Å²) >= 11 is 0. The maximum Gasteiger partial charge on any atom is 2.00 e. The van der Waals surface area contributed by atoms with E-state index in [1.807, 2.05) is 6.07 Å². The first-order valence-electron chi connectivity index (χ1n) is 2.13. The minimum absolute atomic E-state index is 0. The fourth-order valence-electron chi connectivity index (χ4n) is 0.428. The van der Waals surface area contributed by atoms with Gasteiger partial charge in [-0.1, -0.05) is 18.2 Å². The van der Waals surface area contributed by atoms with Gasteiger partial charge in [-0.05, 0) is 12.1 Å². The summed E-state index contributed by atoms with van der Waals surface area (Å²) in [4.78, 5) is 0. The molecule has 0 unspecified atom stereocenters. The van der Waals surface area contributed by atoms with Crippen LogP contribution in [0, 0.1) is 0 Å². The Bertz CT molecular complexity index is 146. The Morgan fingerprint density at radius 1 is 1.12 bits per heavy atom. The maximum atomic E-state index is 8.63. The number of hydrogen-bond donors (Lipinski definition) is 1. The molecule has 0 saturated carbocycles. The van der Waals surface area contributed by atoms with E-state index in [1.165, 1.54) is 0 Å². The molecule has 1 rings (SSSR count). The fraction of sp³-hybridized carbons (Fsp3) is 0. The Morgan fingerprint density at radius 3 is 1.88 bits per heavy atom. The maximum absolute atomic E-state index is 8.63. The van der Waals surface area contributed by atoms with Gasteiger partial charge in [0.25, 0.3) is 0 Å². The van der Waals surface area contributed by atoms with E-state index in [9.17, 15) is 0 Å². The molecule has 1 aromatic rings. The van der Waals surface area contributed by atoms with Crippen molar-refractivity contribution in [2.24, 2.45) is 0 Å². The fourth-order valence-corrected chi connectivity index (χ4v) is 0.428. The molecule has 0 radical (unpaired) electrons. The number of phenolic OH excluding ortho intramolecular Hbond substituents is 1. The van der Waals surface area contributed by atoms with Crippen LogP contribution in [0.5, 0.6) is 5.75 Å². The number of hydrogen-bond acceptors (Lipinski definition) is 1. The van der Waals surface area contributed by atoms with Gasteiger partial charge in [-0.3, -0.25) is 0 Å². The van der Waals surface area contributed by atoms with Gasteiger partial charge in [0.15, 0.2) is 0 Å². The first-order valence-corrected chi connectivity index (χ1v) is 2.13. The molecule has 0 aliphatic carbocycles. The van der Waals surface area contributed by atoms with E-state index in [2.05, 4.69) is 0 Å². The first-order chi connectivity index (χ1) is 3.39. The van der Waals surface area contributed by atoms with E-state index in [0.29, 0.717) is 5.75 Å². The quantitative estimate of drug-likeness (QED) is 0.492. The average Bonchev–Trinajstić information content (AvgIpc) is 1.69. The van der Waals surface area contributed by atoms with Crippen LogP contribution in [0.15, 0.2) is 30.3 Å². The van der Waals surface area contributed by atoms with E-state index in [0.717, 1.165) is 0 Å². The van der Waals surface area contributed by atoms with Gasteiger partial charge in [0.2, 0.25) is 0 Å². The van der Waals surface area contributed by atoms with Crippen molar-refractivity contribution in [3.8, 4) is 5.75 Å². The minimum atomic E-state index is 0. The Labute approximate surface area is 55.2 Å². The molecule has 8 heavy (non-hydrogen) atoms. The van der Waals surface area contributed by atoms with Gasteiger partial charge in [0.1, 0.15) is 5.75 Å². The van der Waals surface area contributed by atoms with Crippen LogP contribution in [0.3, 0.4) is 0 Å². The normalized spacial score (nSPS) is 7.50. The minimum Gasteiger partial charge on any atom is -1.00 e. The summed E-state index contributed by atoms with van der Waals surface area (Å²) < 4.78 is 0. The number of benzene rings is 1. The summed E-state index contributed by atoms with van der Waals surface area (Å²) in [5.41, 5.74) is 0. The van der Waals surface area contributed by atoms with Gasteiger partial charge >= 0.3 is 10.1 Å². The van der Waals surface area contributed by atoms with Gasteiger partial charge in [-0.25, -0.2) is 0 Å². The predicted octanol–water partition coefficient (Wildman–Crippen LogP) is 1.24. The van der Waals surface area contributed by atoms with Gasteiger partial charge in [-0.2, -0.15) is 0 Å². The van der Waals surface area contributed by atoms with Crippen molar-refractivity contribution in [1.29, 1.82) is 0 Å². The largest absolute Gasteiger partial charge is 2.00 e. The van der Waals surface area contributed by atoms with E-state index in [1.54, 1.807) is 24.3 Å². The van der Waals surface area contributed by atoms with Crippen molar-refractivity contribution in [3.63, 3.8) is 0 Å². The zero-order valence-electron chi connectivity index (χ0n) is 6.54. The second kappa shape index (κ2) is 3.22. The SMILES string of the molecule is Oc1ccccc1.[Be+2].[H-].[H-]. The number of aromatic hydroxyl groups is 1. The monoisotopic (exact) mass is 105 g/mol. The molecule has 0 heterocycles. The molecule has 2 heteroatoms. The zero-order valence-corrected chi connectivity index (χ0v) is 4.54. The second-order valence-electron chi connectivity index (χ2n) is 1.34. The molecule has 0 aromatic heterocycles. The van der Waals surface area contributed by atoms with Crippen LogP contribution in [0.2, 0.25) is 0 Å². The van der Waals surface area contributed by atoms with E-state index in [4.69, 9.17) is 5.11 Å². The predicted molar refractivity (Wildman–Crippen MR) is 36.1 cm³/mol.